The number of ether oxygens (including phenoxy) is 1. The maximum Gasteiger partial charge on any atom is 0.232 e. The molecule has 0 saturated carbocycles. The first-order chi connectivity index (χ1) is 8.35. The third-order valence-electron chi connectivity index (χ3n) is 2.88. The van der Waals surface area contributed by atoms with Crippen LogP contribution in [0.4, 0.5) is 0 Å². The van der Waals surface area contributed by atoms with Gasteiger partial charge in [-0.2, -0.15) is 16.7 Å². The Morgan fingerprint density at radius 1 is 1.53 bits per heavy atom. The molecule has 0 spiro atoms. The number of likely N-dealkylation sites (N-methyl/N-ethyl adjacent to an activating group) is 1. The molecule has 96 valence electrons. The molecule has 0 aliphatic carbocycles. The fourth-order valence-electron chi connectivity index (χ4n) is 1.97. The molecule has 2 rings (SSSR count). The van der Waals surface area contributed by atoms with E-state index < -0.39 is 0 Å². The fourth-order valence-corrected chi connectivity index (χ4v) is 3.34. The Morgan fingerprint density at radius 3 is 3.18 bits per heavy atom. The van der Waals surface area contributed by atoms with E-state index in [-0.39, 0.29) is 0 Å². The highest BCUT2D eigenvalue weighted by molar-refractivity contribution is 7.99. The number of hydrogen-bond donors (Lipinski definition) is 1. The van der Waals surface area contributed by atoms with Crippen LogP contribution in [0, 0.1) is 0 Å². The van der Waals surface area contributed by atoms with Crippen molar-refractivity contribution < 1.29 is 9.26 Å². The average molecular weight is 257 g/mol. The SMILES string of the molecule is CCNC1CSCC1c1nc(CCOC)no1. The van der Waals surface area contributed by atoms with E-state index in [2.05, 4.69) is 22.4 Å². The van der Waals surface area contributed by atoms with Crippen LogP contribution < -0.4 is 5.32 Å². The zero-order valence-corrected chi connectivity index (χ0v) is 11.1. The molecule has 0 bridgehead atoms. The summed E-state index contributed by atoms with van der Waals surface area (Å²) in [6.07, 6.45) is 0.714. The number of hydrogen-bond acceptors (Lipinski definition) is 6. The summed E-state index contributed by atoms with van der Waals surface area (Å²) < 4.78 is 10.4. The van der Waals surface area contributed by atoms with E-state index in [1.807, 2.05) is 11.8 Å². The molecule has 1 fully saturated rings. The highest BCUT2D eigenvalue weighted by atomic mass is 32.2. The molecule has 2 unspecified atom stereocenters. The fraction of sp³-hybridized carbons (Fsp3) is 0.818. The van der Waals surface area contributed by atoms with Crippen LogP contribution in [0.15, 0.2) is 4.52 Å². The summed E-state index contributed by atoms with van der Waals surface area (Å²) in [5.41, 5.74) is 0. The highest BCUT2D eigenvalue weighted by Gasteiger charge is 2.32. The second-order valence-electron chi connectivity index (χ2n) is 4.10. The molecule has 0 aromatic carbocycles. The van der Waals surface area contributed by atoms with Crippen molar-refractivity contribution in [2.24, 2.45) is 0 Å². The number of rotatable bonds is 6. The minimum absolute atomic E-state index is 0.351. The molecule has 0 amide bonds. The van der Waals surface area contributed by atoms with Crippen LogP contribution in [0.1, 0.15) is 24.6 Å². The van der Waals surface area contributed by atoms with Crippen LogP contribution in [0.5, 0.6) is 0 Å². The predicted molar refractivity (Wildman–Crippen MR) is 67.4 cm³/mol. The zero-order chi connectivity index (χ0) is 12.1. The molecular weight excluding hydrogens is 238 g/mol. The van der Waals surface area contributed by atoms with Crippen molar-refractivity contribution in [2.75, 3.05) is 31.8 Å². The van der Waals surface area contributed by atoms with Gasteiger partial charge >= 0.3 is 0 Å². The van der Waals surface area contributed by atoms with E-state index in [9.17, 15) is 0 Å². The Hall–Kier alpha value is -0.590. The molecule has 2 atom stereocenters. The van der Waals surface area contributed by atoms with Gasteiger partial charge in [0.1, 0.15) is 0 Å². The first-order valence-electron chi connectivity index (χ1n) is 5.97. The van der Waals surface area contributed by atoms with Crippen molar-refractivity contribution in [3.05, 3.63) is 11.7 Å². The molecule has 2 heterocycles. The summed E-state index contributed by atoms with van der Waals surface area (Å²) in [7, 11) is 1.68. The topological polar surface area (TPSA) is 60.2 Å². The van der Waals surface area contributed by atoms with Crippen molar-refractivity contribution >= 4 is 11.8 Å². The van der Waals surface area contributed by atoms with Crippen LogP contribution >= 0.6 is 11.8 Å². The van der Waals surface area contributed by atoms with E-state index in [0.717, 1.165) is 29.8 Å². The lowest BCUT2D eigenvalue weighted by atomic mass is 10.0. The van der Waals surface area contributed by atoms with Gasteiger partial charge in [0.05, 0.1) is 12.5 Å². The van der Waals surface area contributed by atoms with Crippen LogP contribution in [-0.4, -0.2) is 47.9 Å². The zero-order valence-electron chi connectivity index (χ0n) is 10.3. The minimum atomic E-state index is 0.351. The monoisotopic (exact) mass is 257 g/mol. The van der Waals surface area contributed by atoms with Gasteiger partial charge in [-0.3, -0.25) is 0 Å². The predicted octanol–water partition coefficient (Wildman–Crippen LogP) is 1.07. The third-order valence-corrected chi connectivity index (χ3v) is 4.07. The molecule has 1 aromatic heterocycles. The molecular formula is C11H19N3O2S. The van der Waals surface area contributed by atoms with Gasteiger partial charge < -0.3 is 14.6 Å². The van der Waals surface area contributed by atoms with E-state index in [0.29, 0.717) is 25.0 Å². The van der Waals surface area contributed by atoms with Crippen LogP contribution in [0.25, 0.3) is 0 Å². The molecule has 0 radical (unpaired) electrons. The molecule has 5 nitrogen and oxygen atoms in total. The van der Waals surface area contributed by atoms with Crippen molar-refractivity contribution in [2.45, 2.75) is 25.3 Å². The maximum absolute atomic E-state index is 5.35. The average Bonchev–Trinajstić information content (AvgIpc) is 2.95. The maximum atomic E-state index is 5.35. The van der Waals surface area contributed by atoms with Gasteiger partial charge in [-0.25, -0.2) is 0 Å². The summed E-state index contributed by atoms with van der Waals surface area (Å²) >= 11 is 1.94. The summed E-state index contributed by atoms with van der Waals surface area (Å²) in [5, 5.41) is 7.46. The van der Waals surface area contributed by atoms with E-state index in [1.54, 1.807) is 7.11 Å². The molecule has 1 aliphatic heterocycles. The molecule has 6 heteroatoms. The summed E-state index contributed by atoms with van der Waals surface area (Å²) in [5.74, 6) is 4.04. The quantitative estimate of drug-likeness (QED) is 0.822. The molecule has 1 aliphatic rings. The van der Waals surface area contributed by atoms with Crippen molar-refractivity contribution in [1.82, 2.24) is 15.5 Å². The Kier molecular flexibility index (Phi) is 4.82. The summed E-state index contributed by atoms with van der Waals surface area (Å²) in [6, 6.07) is 0.459. The lowest BCUT2D eigenvalue weighted by Crippen LogP contribution is -2.34. The number of thioether (sulfide) groups is 1. The number of aromatic nitrogens is 2. The van der Waals surface area contributed by atoms with Crippen molar-refractivity contribution in [3.63, 3.8) is 0 Å². The van der Waals surface area contributed by atoms with Gasteiger partial charge in [0.2, 0.25) is 5.89 Å². The minimum Gasteiger partial charge on any atom is -0.384 e. The van der Waals surface area contributed by atoms with Gasteiger partial charge in [-0.05, 0) is 6.54 Å². The van der Waals surface area contributed by atoms with E-state index in [1.165, 1.54) is 0 Å². The molecule has 1 N–H and O–H groups in total. The lowest BCUT2D eigenvalue weighted by Gasteiger charge is -2.15. The number of nitrogens with zero attached hydrogens (tertiary/aromatic N) is 2. The molecule has 1 saturated heterocycles. The van der Waals surface area contributed by atoms with Gasteiger partial charge in [-0.15, -0.1) is 0 Å². The highest BCUT2D eigenvalue weighted by Crippen LogP contribution is 2.31. The Morgan fingerprint density at radius 2 is 2.41 bits per heavy atom. The normalized spacial score (nSPS) is 24.4. The van der Waals surface area contributed by atoms with Gasteiger partial charge in [0.25, 0.3) is 0 Å². The van der Waals surface area contributed by atoms with Gasteiger partial charge in [0.15, 0.2) is 5.82 Å². The van der Waals surface area contributed by atoms with Crippen LogP contribution in [0.2, 0.25) is 0 Å². The van der Waals surface area contributed by atoms with Gasteiger partial charge in [-0.1, -0.05) is 12.1 Å². The third kappa shape index (κ3) is 3.20. The summed E-state index contributed by atoms with van der Waals surface area (Å²) in [4.78, 5) is 4.45. The van der Waals surface area contributed by atoms with Crippen LogP contribution in [0.3, 0.4) is 0 Å². The molecule has 1 aromatic rings. The van der Waals surface area contributed by atoms with Crippen molar-refractivity contribution in [3.8, 4) is 0 Å². The van der Waals surface area contributed by atoms with Gasteiger partial charge in [0, 0.05) is 31.1 Å². The standard InChI is InChI=1S/C11H19N3O2S/c1-3-12-9-7-17-6-8(9)11-13-10(14-16-11)4-5-15-2/h8-9,12H,3-7H2,1-2H3. The Balaban J connectivity index is 1.98. The first kappa shape index (κ1) is 12.9. The lowest BCUT2D eigenvalue weighted by molar-refractivity contribution is 0.199. The first-order valence-corrected chi connectivity index (χ1v) is 7.13. The summed E-state index contributed by atoms with van der Waals surface area (Å²) in [6.45, 7) is 3.74. The molecule has 17 heavy (non-hydrogen) atoms. The smallest absolute Gasteiger partial charge is 0.232 e. The number of nitrogens with one attached hydrogen (secondary N) is 1. The Bertz CT molecular complexity index is 345. The largest absolute Gasteiger partial charge is 0.384 e. The Labute approximate surface area is 106 Å². The number of methoxy groups -OCH3 is 1. The second-order valence-corrected chi connectivity index (χ2v) is 5.17. The van der Waals surface area contributed by atoms with E-state index >= 15 is 0 Å². The van der Waals surface area contributed by atoms with Crippen LogP contribution in [-0.2, 0) is 11.2 Å². The van der Waals surface area contributed by atoms with E-state index in [4.69, 9.17) is 9.26 Å². The second kappa shape index (κ2) is 6.37. The van der Waals surface area contributed by atoms with Crippen molar-refractivity contribution in [1.29, 1.82) is 0 Å².